The molecule has 22 heavy (non-hydrogen) atoms. The molecule has 1 aromatic carbocycles. The minimum absolute atomic E-state index is 0.158. The molecule has 1 saturated heterocycles. The Labute approximate surface area is 133 Å². The third-order valence-electron chi connectivity index (χ3n) is 5.51. The van der Waals surface area contributed by atoms with E-state index in [1.807, 2.05) is 4.90 Å². The first kappa shape index (κ1) is 15.5. The van der Waals surface area contributed by atoms with Crippen molar-refractivity contribution in [2.24, 2.45) is 5.73 Å². The lowest BCUT2D eigenvalue weighted by atomic mass is 9.77. The second-order valence-electron chi connectivity index (χ2n) is 7.37. The number of nitrogens with zero attached hydrogens (tertiary/aromatic N) is 1. The summed E-state index contributed by atoms with van der Waals surface area (Å²) >= 11 is 0. The van der Waals surface area contributed by atoms with Gasteiger partial charge >= 0.3 is 0 Å². The summed E-state index contributed by atoms with van der Waals surface area (Å²) in [6.45, 7) is 5.96. The highest BCUT2D eigenvalue weighted by atomic mass is 16.2. The van der Waals surface area contributed by atoms with Crippen LogP contribution in [0.3, 0.4) is 0 Å². The van der Waals surface area contributed by atoms with Gasteiger partial charge in [0.1, 0.15) is 0 Å². The Morgan fingerprint density at radius 3 is 2.36 bits per heavy atom. The molecule has 0 radical (unpaired) electrons. The van der Waals surface area contributed by atoms with Gasteiger partial charge in [0.15, 0.2) is 0 Å². The Morgan fingerprint density at radius 2 is 1.86 bits per heavy atom. The molecule has 120 valence electrons. The topological polar surface area (TPSA) is 46.3 Å². The van der Waals surface area contributed by atoms with Gasteiger partial charge in [-0.3, -0.25) is 4.79 Å². The molecule has 1 atom stereocenters. The van der Waals surface area contributed by atoms with E-state index in [2.05, 4.69) is 38.1 Å². The first-order chi connectivity index (χ1) is 10.5. The molecular weight excluding hydrogens is 272 g/mol. The molecular formula is C19H28N2O. The quantitative estimate of drug-likeness (QED) is 0.932. The van der Waals surface area contributed by atoms with Crippen molar-refractivity contribution in [3.8, 4) is 0 Å². The SMILES string of the molecule is CC(C)c1ccc(C2(C(=O)N3CC[C@H](N)C3)CCCC2)cc1. The van der Waals surface area contributed by atoms with Gasteiger partial charge in [0.2, 0.25) is 5.91 Å². The molecule has 3 nitrogen and oxygen atoms in total. The molecule has 1 heterocycles. The van der Waals surface area contributed by atoms with E-state index in [9.17, 15) is 4.79 Å². The number of carbonyl (C=O) groups excluding carboxylic acids is 1. The zero-order valence-electron chi connectivity index (χ0n) is 13.8. The van der Waals surface area contributed by atoms with Crippen molar-refractivity contribution < 1.29 is 4.79 Å². The van der Waals surface area contributed by atoms with Gasteiger partial charge in [-0.15, -0.1) is 0 Å². The van der Waals surface area contributed by atoms with E-state index in [4.69, 9.17) is 5.73 Å². The first-order valence-corrected chi connectivity index (χ1v) is 8.68. The number of benzene rings is 1. The lowest BCUT2D eigenvalue weighted by Gasteiger charge is -2.33. The van der Waals surface area contributed by atoms with Crippen LogP contribution in [0.1, 0.15) is 63.0 Å². The third kappa shape index (κ3) is 2.67. The maximum Gasteiger partial charge on any atom is 0.233 e. The van der Waals surface area contributed by atoms with Crippen LogP contribution in [0.25, 0.3) is 0 Å². The van der Waals surface area contributed by atoms with E-state index >= 15 is 0 Å². The summed E-state index contributed by atoms with van der Waals surface area (Å²) < 4.78 is 0. The second kappa shape index (κ2) is 6.04. The fraction of sp³-hybridized carbons (Fsp3) is 0.632. The third-order valence-corrected chi connectivity index (χ3v) is 5.51. The average molecular weight is 300 g/mol. The number of carbonyl (C=O) groups is 1. The smallest absolute Gasteiger partial charge is 0.233 e. The lowest BCUT2D eigenvalue weighted by molar-refractivity contribution is -0.136. The summed E-state index contributed by atoms with van der Waals surface area (Å²) in [5, 5.41) is 0. The van der Waals surface area contributed by atoms with E-state index in [1.165, 1.54) is 11.1 Å². The van der Waals surface area contributed by atoms with Gasteiger partial charge < -0.3 is 10.6 Å². The normalized spacial score (nSPS) is 24.2. The van der Waals surface area contributed by atoms with Gasteiger partial charge in [0.25, 0.3) is 0 Å². The molecule has 3 heteroatoms. The van der Waals surface area contributed by atoms with Crippen LogP contribution in [0.2, 0.25) is 0 Å². The number of likely N-dealkylation sites (tertiary alicyclic amines) is 1. The number of nitrogens with two attached hydrogens (primary N) is 1. The Bertz CT molecular complexity index is 529. The summed E-state index contributed by atoms with van der Waals surface area (Å²) in [6, 6.07) is 8.93. The zero-order valence-corrected chi connectivity index (χ0v) is 13.8. The molecule has 2 fully saturated rings. The van der Waals surface area contributed by atoms with E-state index in [-0.39, 0.29) is 11.5 Å². The first-order valence-electron chi connectivity index (χ1n) is 8.68. The molecule has 0 bridgehead atoms. The van der Waals surface area contributed by atoms with Crippen molar-refractivity contribution in [1.82, 2.24) is 4.90 Å². The van der Waals surface area contributed by atoms with E-state index < -0.39 is 0 Å². The van der Waals surface area contributed by atoms with Crippen molar-refractivity contribution in [2.75, 3.05) is 13.1 Å². The van der Waals surface area contributed by atoms with Crippen LogP contribution < -0.4 is 5.73 Å². The highest BCUT2D eigenvalue weighted by Gasteiger charge is 2.45. The van der Waals surface area contributed by atoms with Crippen molar-refractivity contribution in [3.05, 3.63) is 35.4 Å². The Balaban J connectivity index is 1.89. The monoisotopic (exact) mass is 300 g/mol. The molecule has 2 N–H and O–H groups in total. The molecule has 3 rings (SSSR count). The van der Waals surface area contributed by atoms with Gasteiger partial charge in [-0.1, -0.05) is 51.0 Å². The number of rotatable bonds is 3. The molecule has 1 aromatic rings. The van der Waals surface area contributed by atoms with Crippen LogP contribution in [-0.2, 0) is 10.2 Å². The van der Waals surface area contributed by atoms with Gasteiger partial charge in [0, 0.05) is 19.1 Å². The van der Waals surface area contributed by atoms with Crippen LogP contribution in [0, 0.1) is 0 Å². The average Bonchev–Trinajstić information content (AvgIpc) is 3.16. The lowest BCUT2D eigenvalue weighted by Crippen LogP contribution is -2.45. The van der Waals surface area contributed by atoms with Crippen LogP contribution in [0.5, 0.6) is 0 Å². The van der Waals surface area contributed by atoms with Crippen LogP contribution in [0.15, 0.2) is 24.3 Å². The van der Waals surface area contributed by atoms with Crippen molar-refractivity contribution in [1.29, 1.82) is 0 Å². The van der Waals surface area contributed by atoms with Crippen LogP contribution in [0.4, 0.5) is 0 Å². The van der Waals surface area contributed by atoms with Crippen molar-refractivity contribution >= 4 is 5.91 Å². The largest absolute Gasteiger partial charge is 0.340 e. The summed E-state index contributed by atoms with van der Waals surface area (Å²) in [6.07, 6.45) is 5.21. The second-order valence-corrected chi connectivity index (χ2v) is 7.37. The van der Waals surface area contributed by atoms with Crippen molar-refractivity contribution in [3.63, 3.8) is 0 Å². The molecule has 0 spiro atoms. The number of hydrogen-bond donors (Lipinski definition) is 1. The molecule has 0 unspecified atom stereocenters. The molecule has 1 aliphatic heterocycles. The summed E-state index contributed by atoms with van der Waals surface area (Å²) in [5.74, 6) is 0.844. The highest BCUT2D eigenvalue weighted by molar-refractivity contribution is 5.89. The van der Waals surface area contributed by atoms with Crippen molar-refractivity contribution in [2.45, 2.75) is 63.3 Å². The minimum Gasteiger partial charge on any atom is -0.340 e. The summed E-state index contributed by atoms with van der Waals surface area (Å²) in [7, 11) is 0. The zero-order chi connectivity index (χ0) is 15.7. The van der Waals surface area contributed by atoms with Gasteiger partial charge in [0.05, 0.1) is 5.41 Å². The van der Waals surface area contributed by atoms with E-state index in [0.29, 0.717) is 11.8 Å². The predicted octanol–water partition coefficient (Wildman–Crippen LogP) is 3.18. The summed E-state index contributed by atoms with van der Waals surface area (Å²) in [5.41, 5.74) is 8.26. The fourth-order valence-corrected chi connectivity index (χ4v) is 4.07. The Kier molecular flexibility index (Phi) is 4.26. The standard InChI is InChI=1S/C19H28N2O/c1-14(2)15-5-7-16(8-6-15)19(10-3-4-11-19)18(22)21-12-9-17(20)13-21/h5-8,14,17H,3-4,9-13,20H2,1-2H3/t17-/m0/s1. The Morgan fingerprint density at radius 1 is 1.23 bits per heavy atom. The maximum atomic E-state index is 13.2. The van der Waals surface area contributed by atoms with Gasteiger partial charge in [-0.2, -0.15) is 0 Å². The highest BCUT2D eigenvalue weighted by Crippen LogP contribution is 2.43. The Hall–Kier alpha value is -1.35. The summed E-state index contributed by atoms with van der Waals surface area (Å²) in [4.78, 5) is 15.2. The number of amides is 1. The molecule has 2 aliphatic rings. The van der Waals surface area contributed by atoms with Gasteiger partial charge in [-0.05, 0) is 36.3 Å². The molecule has 0 aromatic heterocycles. The fourth-order valence-electron chi connectivity index (χ4n) is 4.07. The van der Waals surface area contributed by atoms with Gasteiger partial charge in [-0.25, -0.2) is 0 Å². The van der Waals surface area contributed by atoms with E-state index in [0.717, 1.165) is 45.2 Å². The minimum atomic E-state index is -0.292. The molecule has 1 saturated carbocycles. The number of hydrogen-bond acceptors (Lipinski definition) is 2. The van der Waals surface area contributed by atoms with Crippen LogP contribution >= 0.6 is 0 Å². The predicted molar refractivity (Wildman–Crippen MR) is 89.8 cm³/mol. The van der Waals surface area contributed by atoms with E-state index in [1.54, 1.807) is 0 Å². The maximum absolute atomic E-state index is 13.2. The molecule has 1 amide bonds. The molecule has 1 aliphatic carbocycles. The van der Waals surface area contributed by atoms with Crippen LogP contribution in [-0.4, -0.2) is 29.9 Å².